The zero-order valence-corrected chi connectivity index (χ0v) is 18.6. The van der Waals surface area contributed by atoms with Gasteiger partial charge in [0.15, 0.2) is 0 Å². The third-order valence-electron chi connectivity index (χ3n) is 6.84. The SMILES string of the molecule is NC(=O)CC[C@@H]1N[C@]2(C(=O)Nc3ccccc32)[C@@H]2C(=O)N(c3cc(C(F)(F)F)ccc3Cl)C(=O)[C@@H]12. The summed E-state index contributed by atoms with van der Waals surface area (Å²) >= 11 is 6.14. The summed E-state index contributed by atoms with van der Waals surface area (Å²) in [5, 5.41) is 5.59. The molecule has 0 unspecified atom stereocenters. The molecule has 2 saturated heterocycles. The monoisotopic (exact) mass is 506 g/mol. The summed E-state index contributed by atoms with van der Waals surface area (Å²) < 4.78 is 40.1. The van der Waals surface area contributed by atoms with Crippen molar-refractivity contribution in [2.45, 2.75) is 30.6 Å². The molecule has 1 spiro atoms. The molecule has 2 aromatic rings. The van der Waals surface area contributed by atoms with Gasteiger partial charge in [0.05, 0.1) is 28.1 Å². The van der Waals surface area contributed by atoms with Crippen LogP contribution < -0.4 is 21.3 Å². The van der Waals surface area contributed by atoms with Crippen molar-refractivity contribution < 1.29 is 32.3 Å². The van der Waals surface area contributed by atoms with Crippen molar-refractivity contribution in [2.24, 2.45) is 17.6 Å². The second kappa shape index (κ2) is 7.79. The van der Waals surface area contributed by atoms with Crippen molar-refractivity contribution in [1.29, 1.82) is 0 Å². The Balaban J connectivity index is 1.65. The van der Waals surface area contributed by atoms with Crippen molar-refractivity contribution >= 4 is 46.6 Å². The molecule has 0 aromatic heterocycles. The summed E-state index contributed by atoms with van der Waals surface area (Å²) in [6.07, 6.45) is -4.83. The van der Waals surface area contributed by atoms with E-state index in [0.717, 1.165) is 12.1 Å². The summed E-state index contributed by atoms with van der Waals surface area (Å²) in [5.41, 5.74) is 3.00. The van der Waals surface area contributed by atoms with Crippen LogP contribution in [-0.2, 0) is 30.9 Å². The first-order valence-electron chi connectivity index (χ1n) is 10.7. The highest BCUT2D eigenvalue weighted by Gasteiger charge is 2.70. The van der Waals surface area contributed by atoms with Gasteiger partial charge in [-0.3, -0.25) is 24.5 Å². The molecule has 4 N–H and O–H groups in total. The second-order valence-electron chi connectivity index (χ2n) is 8.74. The van der Waals surface area contributed by atoms with Crippen molar-refractivity contribution in [2.75, 3.05) is 10.2 Å². The van der Waals surface area contributed by atoms with Gasteiger partial charge in [0.25, 0.3) is 0 Å². The number of nitrogens with one attached hydrogen (secondary N) is 2. The minimum absolute atomic E-state index is 0.0386. The lowest BCUT2D eigenvalue weighted by Crippen LogP contribution is -2.53. The maximum Gasteiger partial charge on any atom is 0.416 e. The molecule has 0 saturated carbocycles. The summed E-state index contributed by atoms with van der Waals surface area (Å²) in [5.74, 6) is -5.30. The van der Waals surface area contributed by atoms with E-state index in [4.69, 9.17) is 17.3 Å². The van der Waals surface area contributed by atoms with Crippen molar-refractivity contribution in [3.05, 3.63) is 58.6 Å². The van der Waals surface area contributed by atoms with E-state index >= 15 is 0 Å². The Bertz CT molecular complexity index is 1300. The molecule has 8 nitrogen and oxygen atoms in total. The number of nitrogens with zero attached hydrogens (tertiary/aromatic N) is 1. The van der Waals surface area contributed by atoms with Gasteiger partial charge in [-0.1, -0.05) is 29.8 Å². The molecule has 5 rings (SSSR count). The van der Waals surface area contributed by atoms with E-state index in [1.807, 2.05) is 0 Å². The van der Waals surface area contributed by atoms with Crippen LogP contribution in [-0.4, -0.2) is 29.7 Å². The number of primary amides is 1. The predicted octanol–water partition coefficient (Wildman–Crippen LogP) is 2.55. The van der Waals surface area contributed by atoms with Crippen molar-refractivity contribution in [3.63, 3.8) is 0 Å². The average molecular weight is 507 g/mol. The molecule has 3 heterocycles. The third-order valence-corrected chi connectivity index (χ3v) is 7.16. The van der Waals surface area contributed by atoms with Crippen LogP contribution >= 0.6 is 11.6 Å². The second-order valence-corrected chi connectivity index (χ2v) is 9.15. The lowest BCUT2D eigenvalue weighted by Gasteiger charge is -2.29. The fourth-order valence-electron chi connectivity index (χ4n) is 5.40. The first kappa shape index (κ1) is 23.3. The largest absolute Gasteiger partial charge is 0.416 e. The number of hydrogen-bond acceptors (Lipinski definition) is 5. The predicted molar refractivity (Wildman–Crippen MR) is 118 cm³/mol. The van der Waals surface area contributed by atoms with Crippen LogP contribution in [0.25, 0.3) is 0 Å². The fraction of sp³-hybridized carbons (Fsp3) is 0.304. The first-order chi connectivity index (χ1) is 16.5. The number of hydrogen-bond donors (Lipinski definition) is 3. The van der Waals surface area contributed by atoms with E-state index in [1.165, 1.54) is 0 Å². The van der Waals surface area contributed by atoms with Gasteiger partial charge in [0.1, 0.15) is 5.54 Å². The maximum atomic E-state index is 13.8. The van der Waals surface area contributed by atoms with Gasteiger partial charge in [-0.25, -0.2) is 4.90 Å². The number of carbonyl (C=O) groups is 4. The molecule has 4 atom stereocenters. The van der Waals surface area contributed by atoms with E-state index in [2.05, 4.69) is 10.6 Å². The number of anilines is 2. The van der Waals surface area contributed by atoms with Crippen LogP contribution in [0.5, 0.6) is 0 Å². The minimum atomic E-state index is -4.74. The Morgan fingerprint density at radius 2 is 1.83 bits per heavy atom. The van der Waals surface area contributed by atoms with E-state index in [-0.39, 0.29) is 17.9 Å². The summed E-state index contributed by atoms with van der Waals surface area (Å²) in [6, 6.07) is 8.14. The number of benzene rings is 2. The van der Waals surface area contributed by atoms with E-state index in [1.54, 1.807) is 24.3 Å². The molecule has 12 heteroatoms. The van der Waals surface area contributed by atoms with Gasteiger partial charge in [-0.05, 0) is 30.7 Å². The summed E-state index contributed by atoms with van der Waals surface area (Å²) in [7, 11) is 0. The lowest BCUT2D eigenvalue weighted by atomic mass is 9.76. The normalized spacial score (nSPS) is 27.4. The molecule has 2 fully saturated rings. The molecule has 2 aromatic carbocycles. The van der Waals surface area contributed by atoms with Gasteiger partial charge in [-0.15, -0.1) is 0 Å². The minimum Gasteiger partial charge on any atom is -0.370 e. The lowest BCUT2D eigenvalue weighted by molar-refractivity contribution is -0.137. The Morgan fingerprint density at radius 3 is 2.51 bits per heavy atom. The van der Waals surface area contributed by atoms with E-state index < -0.39 is 64.5 Å². The van der Waals surface area contributed by atoms with Gasteiger partial charge >= 0.3 is 6.18 Å². The number of para-hydroxylation sites is 1. The molecule has 3 aliphatic rings. The van der Waals surface area contributed by atoms with Crippen molar-refractivity contribution in [3.8, 4) is 0 Å². The number of imide groups is 1. The van der Waals surface area contributed by atoms with Gasteiger partial charge in [-0.2, -0.15) is 13.2 Å². The Kier molecular flexibility index (Phi) is 5.19. The smallest absolute Gasteiger partial charge is 0.370 e. The topological polar surface area (TPSA) is 122 Å². The first-order valence-corrected chi connectivity index (χ1v) is 11.1. The van der Waals surface area contributed by atoms with Crippen LogP contribution in [0.1, 0.15) is 24.0 Å². The zero-order chi connectivity index (χ0) is 25.3. The van der Waals surface area contributed by atoms with Crippen LogP contribution in [0.2, 0.25) is 5.02 Å². The molecule has 35 heavy (non-hydrogen) atoms. The third kappa shape index (κ3) is 3.33. The molecule has 0 radical (unpaired) electrons. The number of halogens is 4. The molecule has 0 aliphatic carbocycles. The maximum absolute atomic E-state index is 13.8. The zero-order valence-electron chi connectivity index (χ0n) is 17.9. The molecular weight excluding hydrogens is 489 g/mol. The highest BCUT2D eigenvalue weighted by atomic mass is 35.5. The summed E-state index contributed by atoms with van der Waals surface area (Å²) in [6.45, 7) is 0. The highest BCUT2D eigenvalue weighted by Crippen LogP contribution is 2.54. The molecule has 3 aliphatic heterocycles. The molecule has 4 amide bonds. The highest BCUT2D eigenvalue weighted by molar-refractivity contribution is 6.36. The van der Waals surface area contributed by atoms with Crippen LogP contribution in [0.3, 0.4) is 0 Å². The fourth-order valence-corrected chi connectivity index (χ4v) is 5.60. The number of fused-ring (bicyclic) bond motifs is 4. The standard InChI is InChI=1S/C23H18ClF3N4O4/c24-12-6-5-10(23(25,26)27)9-15(12)31-19(33)17-14(7-8-16(28)32)30-22(18(17)20(31)34)11-3-1-2-4-13(11)29-21(22)35/h1-6,9,14,17-18,30H,7-8H2,(H2,28,32)(H,29,35)/t14-,17-,18-,22-/m0/s1. The van der Waals surface area contributed by atoms with E-state index in [0.29, 0.717) is 22.2 Å². The Morgan fingerprint density at radius 1 is 1.11 bits per heavy atom. The number of amides is 4. The number of alkyl halides is 3. The van der Waals surface area contributed by atoms with Crippen LogP contribution in [0.4, 0.5) is 24.5 Å². The molecular formula is C23H18ClF3N4O4. The number of carbonyl (C=O) groups excluding carboxylic acids is 4. The van der Waals surface area contributed by atoms with Crippen LogP contribution in [0.15, 0.2) is 42.5 Å². The van der Waals surface area contributed by atoms with Crippen LogP contribution in [0, 0.1) is 11.8 Å². The molecule has 182 valence electrons. The Labute approximate surface area is 201 Å². The van der Waals surface area contributed by atoms with Gasteiger partial charge in [0, 0.05) is 23.7 Å². The number of rotatable bonds is 4. The Hall–Kier alpha value is -3.44. The molecule has 0 bridgehead atoms. The quantitative estimate of drug-likeness (QED) is 0.550. The number of nitrogens with two attached hydrogens (primary N) is 1. The van der Waals surface area contributed by atoms with E-state index in [9.17, 15) is 32.3 Å². The van der Waals surface area contributed by atoms with Crippen molar-refractivity contribution in [1.82, 2.24) is 5.32 Å². The van der Waals surface area contributed by atoms with Gasteiger partial charge < -0.3 is 11.1 Å². The average Bonchev–Trinajstić information content (AvgIpc) is 3.37. The van der Waals surface area contributed by atoms with Gasteiger partial charge in [0.2, 0.25) is 23.6 Å². The summed E-state index contributed by atoms with van der Waals surface area (Å²) in [4.78, 5) is 52.8.